The standard InChI is InChI=1S/C8H17NO3/c1-6(2)12-5-8(10)7(9)4-11-3/h6-7H,4-5,9H2,1-3H3. The van der Waals surface area contributed by atoms with Gasteiger partial charge in [0.25, 0.3) is 0 Å². The summed E-state index contributed by atoms with van der Waals surface area (Å²) in [6, 6.07) is -0.561. The first-order valence-corrected chi connectivity index (χ1v) is 3.96. The fourth-order valence-corrected chi connectivity index (χ4v) is 0.628. The van der Waals surface area contributed by atoms with Crippen LogP contribution in [0.1, 0.15) is 13.8 Å². The van der Waals surface area contributed by atoms with Crippen LogP contribution in [0, 0.1) is 0 Å². The summed E-state index contributed by atoms with van der Waals surface area (Å²) in [5.74, 6) is -0.120. The minimum Gasteiger partial charge on any atom is -0.383 e. The lowest BCUT2D eigenvalue weighted by atomic mass is 10.2. The fourth-order valence-electron chi connectivity index (χ4n) is 0.628. The van der Waals surface area contributed by atoms with Crippen molar-refractivity contribution in [1.82, 2.24) is 0 Å². The highest BCUT2D eigenvalue weighted by molar-refractivity contribution is 5.85. The number of hydrogen-bond acceptors (Lipinski definition) is 4. The van der Waals surface area contributed by atoms with Crippen LogP contribution in [-0.2, 0) is 14.3 Å². The highest BCUT2D eigenvalue weighted by Crippen LogP contribution is 1.90. The van der Waals surface area contributed by atoms with E-state index < -0.39 is 6.04 Å². The van der Waals surface area contributed by atoms with Gasteiger partial charge in [0.05, 0.1) is 18.8 Å². The van der Waals surface area contributed by atoms with Crippen molar-refractivity contribution in [3.8, 4) is 0 Å². The van der Waals surface area contributed by atoms with Crippen LogP contribution >= 0.6 is 0 Å². The van der Waals surface area contributed by atoms with Crippen LogP contribution in [0.25, 0.3) is 0 Å². The molecule has 0 aliphatic heterocycles. The maximum Gasteiger partial charge on any atom is 0.177 e. The first-order valence-electron chi connectivity index (χ1n) is 3.96. The third kappa shape index (κ3) is 5.23. The van der Waals surface area contributed by atoms with Gasteiger partial charge in [0.15, 0.2) is 5.78 Å². The van der Waals surface area contributed by atoms with E-state index in [1.54, 1.807) is 0 Å². The molecule has 4 nitrogen and oxygen atoms in total. The Kier molecular flexibility index (Phi) is 5.88. The van der Waals surface area contributed by atoms with Crippen LogP contribution in [0.4, 0.5) is 0 Å². The maximum absolute atomic E-state index is 11.1. The third-order valence-electron chi connectivity index (χ3n) is 1.32. The molecule has 0 amide bonds. The first kappa shape index (κ1) is 11.6. The van der Waals surface area contributed by atoms with E-state index in [0.717, 1.165) is 0 Å². The Morgan fingerprint density at radius 3 is 2.50 bits per heavy atom. The Hall–Kier alpha value is -0.450. The number of carbonyl (C=O) groups excluding carboxylic acids is 1. The van der Waals surface area contributed by atoms with Gasteiger partial charge in [0, 0.05) is 7.11 Å². The fraction of sp³-hybridized carbons (Fsp3) is 0.875. The van der Waals surface area contributed by atoms with Crippen molar-refractivity contribution in [3.63, 3.8) is 0 Å². The van der Waals surface area contributed by atoms with Crippen molar-refractivity contribution in [2.45, 2.75) is 26.0 Å². The van der Waals surface area contributed by atoms with Gasteiger partial charge in [-0.2, -0.15) is 0 Å². The summed E-state index contributed by atoms with van der Waals surface area (Å²) < 4.78 is 9.82. The molecule has 0 aliphatic rings. The lowest BCUT2D eigenvalue weighted by Gasteiger charge is -2.11. The quantitative estimate of drug-likeness (QED) is 0.615. The Bertz CT molecular complexity index is 136. The average molecular weight is 175 g/mol. The molecular formula is C8H17NO3. The molecule has 1 atom stereocenters. The Balaban J connectivity index is 3.57. The number of rotatable bonds is 6. The lowest BCUT2D eigenvalue weighted by Crippen LogP contribution is -2.37. The number of ketones is 1. The van der Waals surface area contributed by atoms with Gasteiger partial charge < -0.3 is 15.2 Å². The van der Waals surface area contributed by atoms with E-state index in [-0.39, 0.29) is 25.1 Å². The number of hydrogen-bond donors (Lipinski definition) is 1. The molecular weight excluding hydrogens is 158 g/mol. The highest BCUT2D eigenvalue weighted by atomic mass is 16.5. The normalized spacial score (nSPS) is 13.4. The van der Waals surface area contributed by atoms with E-state index in [9.17, 15) is 4.79 Å². The summed E-state index contributed by atoms with van der Waals surface area (Å²) in [6.07, 6.45) is 0.0590. The molecule has 72 valence electrons. The van der Waals surface area contributed by atoms with E-state index in [4.69, 9.17) is 15.2 Å². The van der Waals surface area contributed by atoms with Crippen LogP contribution in [0.3, 0.4) is 0 Å². The van der Waals surface area contributed by atoms with Crippen molar-refractivity contribution in [2.75, 3.05) is 20.3 Å². The summed E-state index contributed by atoms with van der Waals surface area (Å²) in [5, 5.41) is 0. The number of Topliss-reactive ketones (excluding diaryl/α,β-unsaturated/α-hetero) is 1. The predicted molar refractivity (Wildman–Crippen MR) is 45.9 cm³/mol. The molecule has 0 fully saturated rings. The van der Waals surface area contributed by atoms with E-state index in [1.807, 2.05) is 13.8 Å². The number of methoxy groups -OCH3 is 1. The molecule has 12 heavy (non-hydrogen) atoms. The van der Waals surface area contributed by atoms with E-state index in [1.165, 1.54) is 7.11 Å². The number of nitrogens with two attached hydrogens (primary N) is 1. The largest absolute Gasteiger partial charge is 0.383 e. The molecule has 4 heteroatoms. The molecule has 0 spiro atoms. The second-order valence-corrected chi connectivity index (χ2v) is 2.89. The van der Waals surface area contributed by atoms with Crippen LogP contribution < -0.4 is 5.73 Å². The molecule has 0 saturated carbocycles. The van der Waals surface area contributed by atoms with Crippen molar-refractivity contribution in [3.05, 3.63) is 0 Å². The highest BCUT2D eigenvalue weighted by Gasteiger charge is 2.13. The summed E-state index contributed by atoms with van der Waals surface area (Å²) in [5.41, 5.74) is 5.46. The zero-order chi connectivity index (χ0) is 9.56. The van der Waals surface area contributed by atoms with Crippen LogP contribution in [0.2, 0.25) is 0 Å². The summed E-state index contributed by atoms with van der Waals surface area (Å²) >= 11 is 0. The van der Waals surface area contributed by atoms with Gasteiger partial charge in [-0.3, -0.25) is 4.79 Å². The molecule has 0 aromatic heterocycles. The average Bonchev–Trinajstić information content (AvgIpc) is 2.00. The smallest absolute Gasteiger partial charge is 0.177 e. The van der Waals surface area contributed by atoms with Gasteiger partial charge in [-0.25, -0.2) is 0 Å². The molecule has 0 heterocycles. The Morgan fingerprint density at radius 1 is 1.50 bits per heavy atom. The predicted octanol–water partition coefficient (Wildman–Crippen LogP) is -0.0458. The van der Waals surface area contributed by atoms with Gasteiger partial charge in [-0.1, -0.05) is 0 Å². The monoisotopic (exact) mass is 175 g/mol. The van der Waals surface area contributed by atoms with E-state index in [2.05, 4.69) is 0 Å². The second-order valence-electron chi connectivity index (χ2n) is 2.89. The Labute approximate surface area is 73.0 Å². The minimum atomic E-state index is -0.561. The molecule has 0 saturated heterocycles. The molecule has 2 N–H and O–H groups in total. The van der Waals surface area contributed by atoms with Gasteiger partial charge >= 0.3 is 0 Å². The van der Waals surface area contributed by atoms with Gasteiger partial charge in [-0.15, -0.1) is 0 Å². The van der Waals surface area contributed by atoms with Crippen molar-refractivity contribution >= 4 is 5.78 Å². The maximum atomic E-state index is 11.1. The van der Waals surface area contributed by atoms with Crippen molar-refractivity contribution < 1.29 is 14.3 Å². The van der Waals surface area contributed by atoms with E-state index in [0.29, 0.717) is 0 Å². The van der Waals surface area contributed by atoms with Gasteiger partial charge in [-0.05, 0) is 13.8 Å². The molecule has 0 rings (SSSR count). The molecule has 1 unspecified atom stereocenters. The Morgan fingerprint density at radius 2 is 2.08 bits per heavy atom. The lowest BCUT2D eigenvalue weighted by molar-refractivity contribution is -0.127. The van der Waals surface area contributed by atoms with Gasteiger partial charge in [0.2, 0.25) is 0 Å². The zero-order valence-corrected chi connectivity index (χ0v) is 7.87. The SMILES string of the molecule is COCC(N)C(=O)COC(C)C. The van der Waals surface area contributed by atoms with Crippen LogP contribution in [-0.4, -0.2) is 38.3 Å². The molecule has 0 aromatic carbocycles. The third-order valence-corrected chi connectivity index (χ3v) is 1.32. The van der Waals surface area contributed by atoms with Crippen molar-refractivity contribution in [2.24, 2.45) is 5.73 Å². The first-order chi connectivity index (χ1) is 5.57. The molecule has 0 radical (unpaired) electrons. The van der Waals surface area contributed by atoms with Crippen molar-refractivity contribution in [1.29, 1.82) is 0 Å². The topological polar surface area (TPSA) is 61.5 Å². The zero-order valence-electron chi connectivity index (χ0n) is 7.87. The molecule has 0 aromatic rings. The van der Waals surface area contributed by atoms with Crippen LogP contribution in [0.15, 0.2) is 0 Å². The molecule has 0 bridgehead atoms. The minimum absolute atomic E-state index is 0.0590. The summed E-state index contributed by atoms with van der Waals surface area (Å²) in [4.78, 5) is 11.1. The molecule has 0 aliphatic carbocycles. The van der Waals surface area contributed by atoms with E-state index >= 15 is 0 Å². The van der Waals surface area contributed by atoms with Gasteiger partial charge in [0.1, 0.15) is 6.61 Å². The number of carbonyl (C=O) groups is 1. The number of ether oxygens (including phenoxy) is 2. The summed E-state index contributed by atoms with van der Waals surface area (Å²) in [7, 11) is 1.51. The van der Waals surface area contributed by atoms with Crippen LogP contribution in [0.5, 0.6) is 0 Å². The second kappa shape index (κ2) is 6.11. The summed E-state index contributed by atoms with van der Waals surface area (Å²) in [6.45, 7) is 4.06.